The molecule has 78 valence electrons. The van der Waals surface area contributed by atoms with Crippen molar-refractivity contribution >= 4 is 0 Å². The Morgan fingerprint density at radius 3 is 2.62 bits per heavy atom. The predicted molar refractivity (Wildman–Crippen MR) is 58.6 cm³/mol. The molecule has 3 unspecified atom stereocenters. The molecule has 0 aromatic heterocycles. The molecule has 0 aliphatic heterocycles. The lowest BCUT2D eigenvalue weighted by molar-refractivity contribution is 0.218. The minimum atomic E-state index is 0.471. The standard InChI is InChI=1S/C12H25N/c1-4-10-9-12(3,5-2)8-6-7-11(10)13/h10-11H,4-9,13H2,1-3H3. The fraction of sp³-hybridized carbons (Fsp3) is 1.00. The van der Waals surface area contributed by atoms with Gasteiger partial charge < -0.3 is 5.73 Å². The molecule has 1 rings (SSSR count). The molecule has 1 saturated carbocycles. The molecule has 0 aromatic rings. The quantitative estimate of drug-likeness (QED) is 0.653. The normalized spacial score (nSPS) is 41.5. The summed E-state index contributed by atoms with van der Waals surface area (Å²) in [6.45, 7) is 7.04. The summed E-state index contributed by atoms with van der Waals surface area (Å²) in [6, 6.07) is 0.471. The van der Waals surface area contributed by atoms with Crippen LogP contribution < -0.4 is 5.73 Å². The number of hydrogen-bond acceptors (Lipinski definition) is 1. The second-order valence-corrected chi connectivity index (χ2v) is 5.09. The summed E-state index contributed by atoms with van der Waals surface area (Å²) in [7, 11) is 0. The van der Waals surface area contributed by atoms with Gasteiger partial charge in [0.15, 0.2) is 0 Å². The van der Waals surface area contributed by atoms with Crippen molar-refractivity contribution in [2.75, 3.05) is 0 Å². The van der Waals surface area contributed by atoms with Gasteiger partial charge in [-0.15, -0.1) is 0 Å². The third kappa shape index (κ3) is 2.70. The van der Waals surface area contributed by atoms with Crippen LogP contribution in [0.1, 0.15) is 59.3 Å². The van der Waals surface area contributed by atoms with Crippen molar-refractivity contribution in [3.8, 4) is 0 Å². The first kappa shape index (κ1) is 11.0. The molecular weight excluding hydrogens is 158 g/mol. The average Bonchev–Trinajstić information content (AvgIpc) is 2.27. The maximum absolute atomic E-state index is 6.17. The zero-order valence-corrected chi connectivity index (χ0v) is 9.47. The van der Waals surface area contributed by atoms with Crippen LogP contribution in [0.15, 0.2) is 0 Å². The highest BCUT2D eigenvalue weighted by Crippen LogP contribution is 2.40. The number of nitrogens with two attached hydrogens (primary N) is 1. The average molecular weight is 183 g/mol. The predicted octanol–water partition coefficient (Wildman–Crippen LogP) is 3.33. The van der Waals surface area contributed by atoms with E-state index < -0.39 is 0 Å². The molecular formula is C12H25N. The van der Waals surface area contributed by atoms with Crippen molar-refractivity contribution in [2.24, 2.45) is 17.1 Å². The van der Waals surface area contributed by atoms with Crippen molar-refractivity contribution < 1.29 is 0 Å². The summed E-state index contributed by atoms with van der Waals surface area (Å²) in [5, 5.41) is 0. The first-order valence-corrected chi connectivity index (χ1v) is 5.87. The summed E-state index contributed by atoms with van der Waals surface area (Å²) in [5.74, 6) is 0.771. The summed E-state index contributed by atoms with van der Waals surface area (Å²) in [6.07, 6.45) is 7.89. The van der Waals surface area contributed by atoms with Gasteiger partial charge in [-0.25, -0.2) is 0 Å². The third-order valence-corrected chi connectivity index (χ3v) is 4.06. The van der Waals surface area contributed by atoms with Crippen LogP contribution in [0.5, 0.6) is 0 Å². The molecule has 0 bridgehead atoms. The van der Waals surface area contributed by atoms with Crippen molar-refractivity contribution in [1.29, 1.82) is 0 Å². The van der Waals surface area contributed by atoms with Gasteiger partial charge in [0.1, 0.15) is 0 Å². The second-order valence-electron chi connectivity index (χ2n) is 5.09. The van der Waals surface area contributed by atoms with Crippen molar-refractivity contribution in [1.82, 2.24) is 0 Å². The minimum absolute atomic E-state index is 0.471. The Morgan fingerprint density at radius 1 is 1.38 bits per heavy atom. The van der Waals surface area contributed by atoms with E-state index in [1.165, 1.54) is 38.5 Å². The second kappa shape index (κ2) is 4.45. The molecule has 2 N–H and O–H groups in total. The van der Waals surface area contributed by atoms with Crippen LogP contribution in [-0.2, 0) is 0 Å². The van der Waals surface area contributed by atoms with E-state index in [4.69, 9.17) is 5.73 Å². The molecule has 13 heavy (non-hydrogen) atoms. The highest BCUT2D eigenvalue weighted by Gasteiger charge is 2.31. The van der Waals surface area contributed by atoms with Crippen LogP contribution in [0.3, 0.4) is 0 Å². The lowest BCUT2D eigenvalue weighted by atomic mass is 9.76. The lowest BCUT2D eigenvalue weighted by Crippen LogP contribution is -2.30. The van der Waals surface area contributed by atoms with Gasteiger partial charge >= 0.3 is 0 Å². The van der Waals surface area contributed by atoms with Gasteiger partial charge in [-0.2, -0.15) is 0 Å². The van der Waals surface area contributed by atoms with Crippen molar-refractivity contribution in [3.63, 3.8) is 0 Å². The zero-order valence-electron chi connectivity index (χ0n) is 9.47. The Labute approximate surface area is 83.1 Å². The van der Waals surface area contributed by atoms with Crippen molar-refractivity contribution in [2.45, 2.75) is 65.3 Å². The Balaban J connectivity index is 2.63. The smallest absolute Gasteiger partial charge is 0.00672 e. The fourth-order valence-corrected chi connectivity index (χ4v) is 2.65. The molecule has 0 radical (unpaired) electrons. The van der Waals surface area contributed by atoms with Gasteiger partial charge in [0.2, 0.25) is 0 Å². The van der Waals surface area contributed by atoms with Crippen molar-refractivity contribution in [3.05, 3.63) is 0 Å². The number of hydrogen-bond donors (Lipinski definition) is 1. The van der Waals surface area contributed by atoms with Crippen LogP contribution in [0.2, 0.25) is 0 Å². The molecule has 1 aliphatic rings. The minimum Gasteiger partial charge on any atom is -0.327 e. The van der Waals surface area contributed by atoms with Gasteiger partial charge in [-0.05, 0) is 30.6 Å². The number of rotatable bonds is 2. The van der Waals surface area contributed by atoms with Gasteiger partial charge in [0.25, 0.3) is 0 Å². The SMILES string of the molecule is CCC1CC(C)(CC)CCCC1N. The van der Waals surface area contributed by atoms with E-state index in [0.717, 1.165) is 5.92 Å². The molecule has 0 aromatic carbocycles. The Morgan fingerprint density at radius 2 is 2.08 bits per heavy atom. The van der Waals surface area contributed by atoms with E-state index in [1.54, 1.807) is 0 Å². The highest BCUT2D eigenvalue weighted by atomic mass is 14.7. The van der Waals surface area contributed by atoms with E-state index in [2.05, 4.69) is 20.8 Å². The molecule has 0 saturated heterocycles. The van der Waals surface area contributed by atoms with E-state index in [0.29, 0.717) is 11.5 Å². The fourth-order valence-electron chi connectivity index (χ4n) is 2.65. The molecule has 0 amide bonds. The van der Waals surface area contributed by atoms with Gasteiger partial charge in [0.05, 0.1) is 0 Å². The van der Waals surface area contributed by atoms with E-state index in [1.807, 2.05) is 0 Å². The summed E-state index contributed by atoms with van der Waals surface area (Å²) in [4.78, 5) is 0. The first-order valence-electron chi connectivity index (χ1n) is 5.87. The molecule has 3 atom stereocenters. The van der Waals surface area contributed by atoms with Crippen LogP contribution in [0.25, 0.3) is 0 Å². The van der Waals surface area contributed by atoms with Gasteiger partial charge in [-0.1, -0.05) is 40.0 Å². The Kier molecular flexibility index (Phi) is 3.78. The Hall–Kier alpha value is -0.0400. The molecule has 1 aliphatic carbocycles. The molecule has 1 heteroatoms. The van der Waals surface area contributed by atoms with E-state index >= 15 is 0 Å². The monoisotopic (exact) mass is 183 g/mol. The van der Waals surface area contributed by atoms with Crippen LogP contribution >= 0.6 is 0 Å². The van der Waals surface area contributed by atoms with Crippen LogP contribution in [0.4, 0.5) is 0 Å². The van der Waals surface area contributed by atoms with Gasteiger partial charge in [-0.3, -0.25) is 0 Å². The Bertz CT molecular complexity index is 155. The van der Waals surface area contributed by atoms with Crippen LogP contribution in [0, 0.1) is 11.3 Å². The zero-order chi connectivity index (χ0) is 9.90. The molecule has 0 heterocycles. The van der Waals surface area contributed by atoms with E-state index in [9.17, 15) is 0 Å². The van der Waals surface area contributed by atoms with Crippen LogP contribution in [-0.4, -0.2) is 6.04 Å². The summed E-state index contributed by atoms with van der Waals surface area (Å²) < 4.78 is 0. The maximum Gasteiger partial charge on any atom is 0.00672 e. The first-order chi connectivity index (χ1) is 6.11. The largest absolute Gasteiger partial charge is 0.327 e. The summed E-state index contributed by atoms with van der Waals surface area (Å²) in [5.41, 5.74) is 6.74. The molecule has 1 fully saturated rings. The lowest BCUT2D eigenvalue weighted by Gasteiger charge is -2.30. The topological polar surface area (TPSA) is 26.0 Å². The van der Waals surface area contributed by atoms with E-state index in [-0.39, 0.29) is 0 Å². The highest BCUT2D eigenvalue weighted by molar-refractivity contribution is 4.85. The molecule has 1 nitrogen and oxygen atoms in total. The molecule has 0 spiro atoms. The third-order valence-electron chi connectivity index (χ3n) is 4.06. The summed E-state index contributed by atoms with van der Waals surface area (Å²) >= 11 is 0. The van der Waals surface area contributed by atoms with Gasteiger partial charge in [0, 0.05) is 6.04 Å². The maximum atomic E-state index is 6.17.